The number of hydrogen-bond acceptors (Lipinski definition) is 5. The first kappa shape index (κ1) is 12.3. The number of fused-ring (bicyclic) bond motifs is 1. The van der Waals surface area contributed by atoms with E-state index in [9.17, 15) is 4.79 Å². The van der Waals surface area contributed by atoms with E-state index in [4.69, 9.17) is 10.2 Å². The SMILES string of the molecule is CC(CO)Nc1c(C(=O)O)nnc2ccccc12. The molecule has 1 unspecified atom stereocenters. The highest BCUT2D eigenvalue weighted by Crippen LogP contribution is 2.24. The Kier molecular flexibility index (Phi) is 3.38. The molecule has 0 aliphatic rings. The van der Waals surface area contributed by atoms with E-state index in [0.717, 1.165) is 0 Å². The lowest BCUT2D eigenvalue weighted by molar-refractivity contribution is 0.0690. The van der Waals surface area contributed by atoms with Crippen molar-refractivity contribution < 1.29 is 15.0 Å². The van der Waals surface area contributed by atoms with E-state index >= 15 is 0 Å². The molecular formula is C12H13N3O3. The van der Waals surface area contributed by atoms with Gasteiger partial charge in [0.15, 0.2) is 5.69 Å². The average molecular weight is 247 g/mol. The third-order valence-electron chi connectivity index (χ3n) is 2.54. The van der Waals surface area contributed by atoms with Gasteiger partial charge in [0.25, 0.3) is 0 Å². The minimum absolute atomic E-state index is 0.101. The predicted octanol–water partition coefficient (Wildman–Crippen LogP) is 1.12. The monoisotopic (exact) mass is 247 g/mol. The van der Waals surface area contributed by atoms with E-state index in [2.05, 4.69) is 15.5 Å². The van der Waals surface area contributed by atoms with Crippen molar-refractivity contribution in [3.63, 3.8) is 0 Å². The van der Waals surface area contributed by atoms with Gasteiger partial charge in [0.1, 0.15) is 0 Å². The highest BCUT2D eigenvalue weighted by Gasteiger charge is 2.17. The molecule has 0 spiro atoms. The number of nitrogens with one attached hydrogen (secondary N) is 1. The van der Waals surface area contributed by atoms with E-state index in [0.29, 0.717) is 16.6 Å². The molecule has 0 fully saturated rings. The van der Waals surface area contributed by atoms with Crippen molar-refractivity contribution in [2.75, 3.05) is 11.9 Å². The number of aromatic carboxylic acids is 1. The maximum absolute atomic E-state index is 11.1. The van der Waals surface area contributed by atoms with Crippen LogP contribution in [-0.2, 0) is 0 Å². The predicted molar refractivity (Wildman–Crippen MR) is 66.7 cm³/mol. The van der Waals surface area contributed by atoms with Crippen LogP contribution in [-0.4, -0.2) is 39.0 Å². The Labute approximate surface area is 103 Å². The fourth-order valence-corrected chi connectivity index (χ4v) is 1.64. The normalized spacial score (nSPS) is 12.3. The molecule has 6 nitrogen and oxygen atoms in total. The number of aliphatic hydroxyl groups excluding tert-OH is 1. The Balaban J connectivity index is 2.62. The lowest BCUT2D eigenvalue weighted by atomic mass is 10.1. The van der Waals surface area contributed by atoms with Crippen LogP contribution >= 0.6 is 0 Å². The van der Waals surface area contributed by atoms with Gasteiger partial charge in [-0.25, -0.2) is 4.79 Å². The Morgan fingerprint density at radius 2 is 2.11 bits per heavy atom. The first-order valence-electron chi connectivity index (χ1n) is 5.49. The highest BCUT2D eigenvalue weighted by atomic mass is 16.4. The standard InChI is InChI=1S/C12H13N3O3/c1-7(6-16)13-10-8-4-2-3-5-9(8)14-15-11(10)12(17)18/h2-5,7,16H,6H2,1H3,(H,13,14)(H,17,18). The number of rotatable bonds is 4. The third kappa shape index (κ3) is 2.23. The molecule has 2 aromatic rings. The number of nitrogens with zero attached hydrogens (tertiary/aromatic N) is 2. The molecule has 1 aromatic carbocycles. The zero-order valence-electron chi connectivity index (χ0n) is 9.79. The Bertz CT molecular complexity index is 586. The minimum atomic E-state index is -1.15. The quantitative estimate of drug-likeness (QED) is 0.749. The van der Waals surface area contributed by atoms with Crippen LogP contribution in [0.15, 0.2) is 24.3 Å². The first-order chi connectivity index (χ1) is 8.63. The van der Waals surface area contributed by atoms with Crippen LogP contribution in [0.1, 0.15) is 17.4 Å². The summed E-state index contributed by atoms with van der Waals surface area (Å²) in [5.74, 6) is -1.15. The summed E-state index contributed by atoms with van der Waals surface area (Å²) in [7, 11) is 0. The van der Waals surface area contributed by atoms with Crippen LogP contribution in [0.4, 0.5) is 5.69 Å². The minimum Gasteiger partial charge on any atom is -0.476 e. The summed E-state index contributed by atoms with van der Waals surface area (Å²) in [4.78, 5) is 11.1. The van der Waals surface area contributed by atoms with Crippen molar-refractivity contribution in [2.24, 2.45) is 0 Å². The van der Waals surface area contributed by atoms with Crippen molar-refractivity contribution in [2.45, 2.75) is 13.0 Å². The van der Waals surface area contributed by atoms with Crippen LogP contribution in [0.2, 0.25) is 0 Å². The van der Waals surface area contributed by atoms with Gasteiger partial charge in [0.2, 0.25) is 0 Å². The number of hydrogen-bond donors (Lipinski definition) is 3. The summed E-state index contributed by atoms with van der Waals surface area (Å²) in [6, 6.07) is 6.85. The third-order valence-corrected chi connectivity index (χ3v) is 2.54. The Hall–Kier alpha value is -2.21. The summed E-state index contributed by atoms with van der Waals surface area (Å²) in [6.45, 7) is 1.65. The molecule has 0 aliphatic carbocycles. The van der Waals surface area contributed by atoms with Crippen LogP contribution in [0.3, 0.4) is 0 Å². The summed E-state index contributed by atoms with van der Waals surface area (Å²) >= 11 is 0. The van der Waals surface area contributed by atoms with Crippen LogP contribution < -0.4 is 5.32 Å². The van der Waals surface area contributed by atoms with Gasteiger partial charge in [-0.05, 0) is 13.0 Å². The second-order valence-electron chi connectivity index (χ2n) is 3.97. The van der Waals surface area contributed by atoms with Crippen LogP contribution in [0.5, 0.6) is 0 Å². The molecule has 1 aromatic heterocycles. The molecule has 0 saturated heterocycles. The van der Waals surface area contributed by atoms with Gasteiger partial charge in [0.05, 0.1) is 17.8 Å². The van der Waals surface area contributed by atoms with E-state index in [1.807, 2.05) is 0 Å². The largest absolute Gasteiger partial charge is 0.476 e. The molecule has 3 N–H and O–H groups in total. The lowest BCUT2D eigenvalue weighted by Crippen LogP contribution is -2.22. The number of aromatic nitrogens is 2. The molecule has 0 radical (unpaired) electrons. The first-order valence-corrected chi connectivity index (χ1v) is 5.49. The van der Waals surface area contributed by atoms with E-state index in [-0.39, 0.29) is 18.3 Å². The van der Waals surface area contributed by atoms with Gasteiger partial charge < -0.3 is 15.5 Å². The van der Waals surface area contributed by atoms with E-state index < -0.39 is 5.97 Å². The number of carbonyl (C=O) groups is 1. The van der Waals surface area contributed by atoms with Crippen molar-refractivity contribution in [3.8, 4) is 0 Å². The molecule has 1 heterocycles. The van der Waals surface area contributed by atoms with Gasteiger partial charge in [-0.15, -0.1) is 10.2 Å². The van der Waals surface area contributed by atoms with E-state index in [1.54, 1.807) is 31.2 Å². The lowest BCUT2D eigenvalue weighted by Gasteiger charge is -2.15. The van der Waals surface area contributed by atoms with Gasteiger partial charge in [-0.2, -0.15) is 0 Å². The molecule has 0 saturated carbocycles. The van der Waals surface area contributed by atoms with Crippen molar-refractivity contribution in [1.29, 1.82) is 0 Å². The van der Waals surface area contributed by atoms with Crippen LogP contribution in [0, 0.1) is 0 Å². The molecule has 0 amide bonds. The molecule has 0 aliphatic heterocycles. The van der Waals surface area contributed by atoms with Gasteiger partial charge in [-0.1, -0.05) is 18.2 Å². The maximum atomic E-state index is 11.1. The molecule has 2 rings (SSSR count). The van der Waals surface area contributed by atoms with Crippen molar-refractivity contribution in [3.05, 3.63) is 30.0 Å². The van der Waals surface area contributed by atoms with Gasteiger partial charge in [0, 0.05) is 11.4 Å². The van der Waals surface area contributed by atoms with Gasteiger partial charge in [-0.3, -0.25) is 0 Å². The molecule has 94 valence electrons. The Morgan fingerprint density at radius 1 is 1.39 bits per heavy atom. The molecule has 18 heavy (non-hydrogen) atoms. The number of anilines is 1. The maximum Gasteiger partial charge on any atom is 0.358 e. The second kappa shape index (κ2) is 4.97. The zero-order valence-corrected chi connectivity index (χ0v) is 9.79. The number of carboxylic acid groups (broad SMARTS) is 1. The van der Waals surface area contributed by atoms with Gasteiger partial charge >= 0.3 is 5.97 Å². The summed E-state index contributed by atoms with van der Waals surface area (Å²) in [6.07, 6.45) is 0. The Morgan fingerprint density at radius 3 is 2.78 bits per heavy atom. The average Bonchev–Trinajstić information content (AvgIpc) is 2.38. The topological polar surface area (TPSA) is 95.3 Å². The fourth-order valence-electron chi connectivity index (χ4n) is 1.64. The summed E-state index contributed by atoms with van der Waals surface area (Å²) < 4.78 is 0. The number of benzene rings is 1. The summed E-state index contributed by atoms with van der Waals surface area (Å²) in [5.41, 5.74) is 0.846. The fraction of sp³-hybridized carbons (Fsp3) is 0.250. The molecular weight excluding hydrogens is 234 g/mol. The van der Waals surface area contributed by atoms with Crippen LogP contribution in [0.25, 0.3) is 10.9 Å². The highest BCUT2D eigenvalue weighted by molar-refractivity contribution is 6.02. The number of aliphatic hydroxyl groups is 1. The van der Waals surface area contributed by atoms with Crippen molar-refractivity contribution >= 4 is 22.6 Å². The van der Waals surface area contributed by atoms with E-state index in [1.165, 1.54) is 0 Å². The molecule has 0 bridgehead atoms. The summed E-state index contributed by atoms with van der Waals surface area (Å²) in [5, 5.41) is 29.3. The smallest absolute Gasteiger partial charge is 0.358 e. The molecule has 1 atom stereocenters. The van der Waals surface area contributed by atoms with Crippen molar-refractivity contribution in [1.82, 2.24) is 10.2 Å². The molecule has 6 heteroatoms. The second-order valence-corrected chi connectivity index (χ2v) is 3.97. The number of carboxylic acids is 1. The zero-order chi connectivity index (χ0) is 13.1.